The molecule has 2 aromatic carbocycles. The van der Waals surface area contributed by atoms with Crippen molar-refractivity contribution in [2.75, 3.05) is 12.4 Å². The van der Waals surface area contributed by atoms with Crippen LogP contribution in [0.1, 0.15) is 26.3 Å². The molecule has 2 amide bonds. The molecule has 130 valence electrons. The number of pyridine rings is 1. The molecule has 0 aliphatic heterocycles. The summed E-state index contributed by atoms with van der Waals surface area (Å²) in [5.74, 6) is -0.458. The van der Waals surface area contributed by atoms with E-state index in [1.165, 1.54) is 6.20 Å². The van der Waals surface area contributed by atoms with Crippen molar-refractivity contribution < 1.29 is 9.59 Å². The van der Waals surface area contributed by atoms with Crippen LogP contribution in [0.2, 0.25) is 0 Å². The molecule has 5 nitrogen and oxygen atoms in total. The SMILES string of the molecule is CN(Cc1ccccc1)C(=O)c1ccccc1NC(=O)c1cccnc1. The number of amides is 2. The Bertz CT molecular complexity index is 895. The third kappa shape index (κ3) is 4.13. The topological polar surface area (TPSA) is 62.3 Å². The van der Waals surface area contributed by atoms with Crippen molar-refractivity contribution >= 4 is 17.5 Å². The van der Waals surface area contributed by atoms with Gasteiger partial charge in [-0.3, -0.25) is 14.6 Å². The molecule has 0 radical (unpaired) electrons. The number of anilines is 1. The summed E-state index contributed by atoms with van der Waals surface area (Å²) in [4.78, 5) is 30.8. The van der Waals surface area contributed by atoms with E-state index in [-0.39, 0.29) is 11.8 Å². The van der Waals surface area contributed by atoms with E-state index in [2.05, 4.69) is 10.3 Å². The second-order valence-electron chi connectivity index (χ2n) is 5.89. The van der Waals surface area contributed by atoms with Gasteiger partial charge in [0.05, 0.1) is 16.8 Å². The van der Waals surface area contributed by atoms with Gasteiger partial charge in [0, 0.05) is 26.0 Å². The number of nitrogens with one attached hydrogen (secondary N) is 1. The molecule has 0 fully saturated rings. The van der Waals surface area contributed by atoms with Gasteiger partial charge in [-0.1, -0.05) is 42.5 Å². The Morgan fingerprint density at radius 2 is 1.69 bits per heavy atom. The lowest BCUT2D eigenvalue weighted by molar-refractivity contribution is 0.0786. The van der Waals surface area contributed by atoms with Crippen molar-refractivity contribution in [3.05, 3.63) is 95.8 Å². The molecule has 3 aromatic rings. The Morgan fingerprint density at radius 1 is 0.962 bits per heavy atom. The smallest absolute Gasteiger partial charge is 0.257 e. The van der Waals surface area contributed by atoms with Crippen LogP contribution in [0, 0.1) is 0 Å². The zero-order valence-electron chi connectivity index (χ0n) is 14.4. The number of para-hydroxylation sites is 1. The molecule has 3 rings (SSSR count). The summed E-state index contributed by atoms with van der Waals surface area (Å²) in [6.07, 6.45) is 3.09. The predicted molar refractivity (Wildman–Crippen MR) is 101 cm³/mol. The molecule has 0 atom stereocenters. The largest absolute Gasteiger partial charge is 0.337 e. The molecule has 0 aliphatic rings. The maximum atomic E-state index is 12.9. The molecule has 0 unspecified atom stereocenters. The zero-order valence-corrected chi connectivity index (χ0v) is 14.4. The maximum absolute atomic E-state index is 12.9. The molecule has 1 N–H and O–H groups in total. The van der Waals surface area contributed by atoms with E-state index in [9.17, 15) is 9.59 Å². The van der Waals surface area contributed by atoms with Crippen LogP contribution in [-0.4, -0.2) is 28.7 Å². The zero-order chi connectivity index (χ0) is 18.4. The summed E-state index contributed by atoms with van der Waals surface area (Å²) in [6, 6.07) is 20.1. The fraction of sp³-hybridized carbons (Fsp3) is 0.0952. The second-order valence-corrected chi connectivity index (χ2v) is 5.89. The third-order valence-corrected chi connectivity index (χ3v) is 3.94. The first-order chi connectivity index (χ1) is 12.6. The van der Waals surface area contributed by atoms with Crippen LogP contribution in [0.25, 0.3) is 0 Å². The van der Waals surface area contributed by atoms with Crippen LogP contribution in [-0.2, 0) is 6.54 Å². The summed E-state index contributed by atoms with van der Waals surface area (Å²) >= 11 is 0. The molecule has 0 aliphatic carbocycles. The lowest BCUT2D eigenvalue weighted by atomic mass is 10.1. The minimum Gasteiger partial charge on any atom is -0.337 e. The number of hydrogen-bond acceptors (Lipinski definition) is 3. The van der Waals surface area contributed by atoms with E-state index in [1.54, 1.807) is 54.5 Å². The third-order valence-electron chi connectivity index (χ3n) is 3.94. The van der Waals surface area contributed by atoms with Crippen LogP contribution in [0.4, 0.5) is 5.69 Å². The van der Waals surface area contributed by atoms with Gasteiger partial charge in [-0.2, -0.15) is 0 Å². The van der Waals surface area contributed by atoms with Crippen LogP contribution in [0.5, 0.6) is 0 Å². The Balaban J connectivity index is 1.78. The molecule has 5 heteroatoms. The highest BCUT2D eigenvalue weighted by Crippen LogP contribution is 2.19. The average molecular weight is 345 g/mol. The van der Waals surface area contributed by atoms with Crippen LogP contribution < -0.4 is 5.32 Å². The molecule has 1 aromatic heterocycles. The number of carbonyl (C=O) groups excluding carboxylic acids is 2. The van der Waals surface area contributed by atoms with E-state index in [4.69, 9.17) is 0 Å². The molecule has 0 spiro atoms. The Hall–Kier alpha value is -3.47. The fourth-order valence-electron chi connectivity index (χ4n) is 2.60. The number of benzene rings is 2. The standard InChI is InChI=1S/C21H19N3O2/c1-24(15-16-8-3-2-4-9-16)21(26)18-11-5-6-12-19(18)23-20(25)17-10-7-13-22-14-17/h2-14H,15H2,1H3,(H,23,25). The lowest BCUT2D eigenvalue weighted by Crippen LogP contribution is -2.27. The van der Waals surface area contributed by atoms with Gasteiger partial charge in [0.25, 0.3) is 11.8 Å². The fourth-order valence-corrected chi connectivity index (χ4v) is 2.60. The number of aromatic nitrogens is 1. The van der Waals surface area contributed by atoms with E-state index in [0.29, 0.717) is 23.4 Å². The number of hydrogen-bond donors (Lipinski definition) is 1. The molecule has 0 saturated heterocycles. The average Bonchev–Trinajstić information content (AvgIpc) is 2.69. The van der Waals surface area contributed by atoms with Crippen molar-refractivity contribution in [2.24, 2.45) is 0 Å². The Kier molecular flexibility index (Phi) is 5.39. The van der Waals surface area contributed by atoms with Gasteiger partial charge in [0.1, 0.15) is 0 Å². The highest BCUT2D eigenvalue weighted by Gasteiger charge is 2.17. The van der Waals surface area contributed by atoms with E-state index in [0.717, 1.165) is 5.56 Å². The quantitative estimate of drug-likeness (QED) is 0.768. The number of carbonyl (C=O) groups is 2. The highest BCUT2D eigenvalue weighted by atomic mass is 16.2. The number of nitrogens with zero attached hydrogens (tertiary/aromatic N) is 2. The van der Waals surface area contributed by atoms with Gasteiger partial charge in [-0.25, -0.2) is 0 Å². The van der Waals surface area contributed by atoms with Crippen LogP contribution in [0.3, 0.4) is 0 Å². The van der Waals surface area contributed by atoms with E-state index >= 15 is 0 Å². The minimum absolute atomic E-state index is 0.157. The van der Waals surface area contributed by atoms with Crippen molar-refractivity contribution in [2.45, 2.75) is 6.54 Å². The summed E-state index contributed by atoms with van der Waals surface area (Å²) in [5, 5.41) is 2.80. The van der Waals surface area contributed by atoms with Gasteiger partial charge in [-0.05, 0) is 29.8 Å². The summed E-state index contributed by atoms with van der Waals surface area (Å²) in [7, 11) is 1.75. The first-order valence-electron chi connectivity index (χ1n) is 8.25. The molecule has 0 saturated carbocycles. The monoisotopic (exact) mass is 345 g/mol. The lowest BCUT2D eigenvalue weighted by Gasteiger charge is -2.19. The first-order valence-corrected chi connectivity index (χ1v) is 8.25. The van der Waals surface area contributed by atoms with Gasteiger partial charge < -0.3 is 10.2 Å². The van der Waals surface area contributed by atoms with Crippen molar-refractivity contribution in [3.63, 3.8) is 0 Å². The Morgan fingerprint density at radius 3 is 2.42 bits per heavy atom. The highest BCUT2D eigenvalue weighted by molar-refractivity contribution is 6.08. The van der Waals surface area contributed by atoms with Crippen LogP contribution in [0.15, 0.2) is 79.1 Å². The van der Waals surface area contributed by atoms with Crippen LogP contribution >= 0.6 is 0 Å². The predicted octanol–water partition coefficient (Wildman–Crippen LogP) is 3.61. The minimum atomic E-state index is -0.302. The second kappa shape index (κ2) is 8.07. The molecule has 0 bridgehead atoms. The number of rotatable bonds is 5. The maximum Gasteiger partial charge on any atom is 0.257 e. The van der Waals surface area contributed by atoms with Crippen molar-refractivity contribution in [1.29, 1.82) is 0 Å². The molecule has 1 heterocycles. The molecular formula is C21H19N3O2. The van der Waals surface area contributed by atoms with E-state index < -0.39 is 0 Å². The van der Waals surface area contributed by atoms with Gasteiger partial charge >= 0.3 is 0 Å². The van der Waals surface area contributed by atoms with Gasteiger partial charge in [0.15, 0.2) is 0 Å². The van der Waals surface area contributed by atoms with Crippen molar-refractivity contribution in [3.8, 4) is 0 Å². The van der Waals surface area contributed by atoms with Crippen molar-refractivity contribution in [1.82, 2.24) is 9.88 Å². The van der Waals surface area contributed by atoms with Gasteiger partial charge in [-0.15, -0.1) is 0 Å². The molecular weight excluding hydrogens is 326 g/mol. The molecule has 26 heavy (non-hydrogen) atoms. The Labute approximate surface area is 152 Å². The van der Waals surface area contributed by atoms with E-state index in [1.807, 2.05) is 30.3 Å². The summed E-state index contributed by atoms with van der Waals surface area (Å²) < 4.78 is 0. The first kappa shape index (κ1) is 17.4. The summed E-state index contributed by atoms with van der Waals surface area (Å²) in [5.41, 5.74) is 2.40. The van der Waals surface area contributed by atoms with Gasteiger partial charge in [0.2, 0.25) is 0 Å². The summed E-state index contributed by atoms with van der Waals surface area (Å²) in [6.45, 7) is 0.491. The normalized spacial score (nSPS) is 10.2.